The highest BCUT2D eigenvalue weighted by atomic mass is 15.1. The lowest BCUT2D eigenvalue weighted by Crippen LogP contribution is -1.97. The van der Waals surface area contributed by atoms with Crippen LogP contribution in [0.2, 0.25) is 0 Å². The third kappa shape index (κ3) is 1.32. The van der Waals surface area contributed by atoms with E-state index in [1.165, 1.54) is 17.2 Å². The van der Waals surface area contributed by atoms with Crippen LogP contribution in [0.4, 0.5) is 0 Å². The lowest BCUT2D eigenvalue weighted by molar-refractivity contribution is 0.801. The molecule has 0 radical (unpaired) electrons. The fourth-order valence-corrected chi connectivity index (χ4v) is 1.70. The van der Waals surface area contributed by atoms with E-state index in [0.717, 1.165) is 12.8 Å². The Balaban J connectivity index is 2.53. The Morgan fingerprint density at radius 1 is 1.46 bits per heavy atom. The van der Waals surface area contributed by atoms with Gasteiger partial charge in [-0.15, -0.1) is 0 Å². The normalized spacial score (nSPS) is 14.3. The van der Waals surface area contributed by atoms with Gasteiger partial charge in [-0.2, -0.15) is 0 Å². The van der Waals surface area contributed by atoms with Crippen LogP contribution in [0, 0.1) is 0 Å². The summed E-state index contributed by atoms with van der Waals surface area (Å²) in [4.78, 5) is 4.59. The third-order valence-corrected chi connectivity index (χ3v) is 2.44. The second-order valence-electron chi connectivity index (χ2n) is 3.26. The highest BCUT2D eigenvalue weighted by Gasteiger charge is 2.10. The van der Waals surface area contributed by atoms with Gasteiger partial charge in [-0.1, -0.05) is 25.2 Å². The van der Waals surface area contributed by atoms with Gasteiger partial charge in [0.1, 0.15) is 5.82 Å². The maximum Gasteiger partial charge on any atom is 0.108 e. The van der Waals surface area contributed by atoms with Crippen LogP contribution in [0.1, 0.15) is 24.1 Å². The fraction of sp³-hybridized carbons (Fsp3) is 0.364. The summed E-state index contributed by atoms with van der Waals surface area (Å²) in [6.07, 6.45) is 10.4. The Hall–Kier alpha value is -1.31. The summed E-state index contributed by atoms with van der Waals surface area (Å²) in [5.41, 5.74) is 2.45. The first-order valence-electron chi connectivity index (χ1n) is 4.70. The van der Waals surface area contributed by atoms with Crippen LogP contribution in [0.25, 0.3) is 6.08 Å². The van der Waals surface area contributed by atoms with Crippen molar-refractivity contribution in [3.8, 4) is 0 Å². The van der Waals surface area contributed by atoms with E-state index in [-0.39, 0.29) is 0 Å². The molecule has 0 saturated heterocycles. The molecular formula is C11H14N2. The molecule has 0 N–H and O–H groups in total. The van der Waals surface area contributed by atoms with Gasteiger partial charge in [0, 0.05) is 19.9 Å². The summed E-state index contributed by atoms with van der Waals surface area (Å²) in [5.74, 6) is 1.17. The monoisotopic (exact) mass is 174 g/mol. The van der Waals surface area contributed by atoms with Crippen LogP contribution < -0.4 is 0 Å². The van der Waals surface area contributed by atoms with E-state index in [1.807, 2.05) is 0 Å². The van der Waals surface area contributed by atoms with Gasteiger partial charge in [0.15, 0.2) is 0 Å². The zero-order valence-electron chi connectivity index (χ0n) is 8.12. The quantitative estimate of drug-likeness (QED) is 0.637. The van der Waals surface area contributed by atoms with E-state index in [0.29, 0.717) is 0 Å². The molecule has 2 heteroatoms. The highest BCUT2D eigenvalue weighted by Crippen LogP contribution is 2.16. The third-order valence-electron chi connectivity index (χ3n) is 2.44. The van der Waals surface area contributed by atoms with Crippen molar-refractivity contribution in [3.63, 3.8) is 0 Å². The molecule has 0 fully saturated rings. The van der Waals surface area contributed by atoms with Crippen molar-refractivity contribution in [3.05, 3.63) is 35.4 Å². The molecule has 1 aromatic heterocycles. The molecule has 0 amide bonds. The van der Waals surface area contributed by atoms with Gasteiger partial charge in [0.05, 0.1) is 11.4 Å². The standard InChI is InChI=1S/C11H14N2/c1-3-11-12-9-7-5-4-6-8-10(9)13(11)2/h4-6,8H,3,7H2,1-2H3. The Morgan fingerprint density at radius 3 is 3.08 bits per heavy atom. The average Bonchev–Trinajstić information content (AvgIpc) is 2.37. The van der Waals surface area contributed by atoms with E-state index in [4.69, 9.17) is 0 Å². The van der Waals surface area contributed by atoms with Crippen molar-refractivity contribution in [1.82, 2.24) is 9.55 Å². The minimum Gasteiger partial charge on any atom is -0.331 e. The molecule has 13 heavy (non-hydrogen) atoms. The second-order valence-corrected chi connectivity index (χ2v) is 3.26. The number of aromatic nitrogens is 2. The minimum atomic E-state index is 0.955. The zero-order valence-corrected chi connectivity index (χ0v) is 8.12. The minimum absolute atomic E-state index is 0.955. The molecule has 68 valence electrons. The van der Waals surface area contributed by atoms with Crippen LogP contribution in [0.3, 0.4) is 0 Å². The topological polar surface area (TPSA) is 17.8 Å². The molecule has 1 aliphatic carbocycles. The average molecular weight is 174 g/mol. The lowest BCUT2D eigenvalue weighted by atomic mass is 10.2. The molecule has 0 spiro atoms. The fourth-order valence-electron chi connectivity index (χ4n) is 1.70. The number of fused-ring (bicyclic) bond motifs is 1. The Kier molecular flexibility index (Phi) is 2.05. The van der Waals surface area contributed by atoms with Crippen molar-refractivity contribution in [2.45, 2.75) is 19.8 Å². The summed E-state index contributed by atoms with van der Waals surface area (Å²) in [6, 6.07) is 0. The van der Waals surface area contributed by atoms with Crippen molar-refractivity contribution in [2.24, 2.45) is 7.05 Å². The number of rotatable bonds is 1. The van der Waals surface area contributed by atoms with Crippen molar-refractivity contribution >= 4 is 6.08 Å². The summed E-state index contributed by atoms with van der Waals surface area (Å²) in [6.45, 7) is 2.14. The van der Waals surface area contributed by atoms with Crippen LogP contribution in [0.5, 0.6) is 0 Å². The highest BCUT2D eigenvalue weighted by molar-refractivity contribution is 5.53. The molecule has 0 aromatic carbocycles. The van der Waals surface area contributed by atoms with Gasteiger partial charge in [-0.05, 0) is 6.08 Å². The van der Waals surface area contributed by atoms with Crippen molar-refractivity contribution in [2.75, 3.05) is 0 Å². The van der Waals surface area contributed by atoms with Gasteiger partial charge >= 0.3 is 0 Å². The smallest absolute Gasteiger partial charge is 0.108 e. The van der Waals surface area contributed by atoms with E-state index in [1.54, 1.807) is 0 Å². The summed E-state index contributed by atoms with van der Waals surface area (Å²) < 4.78 is 2.18. The van der Waals surface area contributed by atoms with Crippen LogP contribution in [0.15, 0.2) is 18.2 Å². The summed E-state index contributed by atoms with van der Waals surface area (Å²) >= 11 is 0. The van der Waals surface area contributed by atoms with Crippen molar-refractivity contribution in [1.29, 1.82) is 0 Å². The van der Waals surface area contributed by atoms with Crippen LogP contribution in [-0.4, -0.2) is 9.55 Å². The maximum absolute atomic E-state index is 4.59. The van der Waals surface area contributed by atoms with E-state index in [2.05, 4.69) is 47.8 Å². The SMILES string of the molecule is CCc1nc2c(n1C)C=CC=CC2. The van der Waals surface area contributed by atoms with Gasteiger partial charge < -0.3 is 4.57 Å². The molecule has 1 aliphatic rings. The molecule has 0 unspecified atom stereocenters. The molecule has 1 aromatic rings. The van der Waals surface area contributed by atoms with Gasteiger partial charge in [0.2, 0.25) is 0 Å². The molecule has 2 rings (SSSR count). The number of aryl methyl sites for hydroxylation is 1. The second kappa shape index (κ2) is 3.21. The van der Waals surface area contributed by atoms with E-state index in [9.17, 15) is 0 Å². The summed E-state index contributed by atoms with van der Waals surface area (Å²) in [5, 5.41) is 0. The molecule has 2 nitrogen and oxygen atoms in total. The molecular weight excluding hydrogens is 160 g/mol. The number of imidazole rings is 1. The van der Waals surface area contributed by atoms with Gasteiger partial charge in [-0.3, -0.25) is 0 Å². The number of hydrogen-bond donors (Lipinski definition) is 0. The van der Waals surface area contributed by atoms with Gasteiger partial charge in [-0.25, -0.2) is 4.98 Å². The first-order valence-corrected chi connectivity index (χ1v) is 4.70. The van der Waals surface area contributed by atoms with Crippen LogP contribution in [-0.2, 0) is 19.9 Å². The summed E-state index contributed by atoms with van der Waals surface area (Å²) in [7, 11) is 2.08. The first-order chi connectivity index (χ1) is 6.33. The largest absolute Gasteiger partial charge is 0.331 e. The Labute approximate surface area is 78.6 Å². The molecule has 0 saturated carbocycles. The molecule has 0 bridgehead atoms. The maximum atomic E-state index is 4.59. The Bertz CT molecular complexity index is 370. The molecule has 1 heterocycles. The van der Waals surface area contributed by atoms with Crippen molar-refractivity contribution < 1.29 is 0 Å². The van der Waals surface area contributed by atoms with E-state index < -0.39 is 0 Å². The number of allylic oxidation sites excluding steroid dienone is 3. The zero-order chi connectivity index (χ0) is 9.26. The van der Waals surface area contributed by atoms with Crippen LogP contribution >= 0.6 is 0 Å². The molecule has 0 aliphatic heterocycles. The number of hydrogen-bond acceptors (Lipinski definition) is 1. The number of nitrogens with zero attached hydrogens (tertiary/aromatic N) is 2. The predicted octanol–water partition coefficient (Wildman–Crippen LogP) is 2.11. The predicted molar refractivity (Wildman–Crippen MR) is 54.5 cm³/mol. The Morgan fingerprint density at radius 2 is 2.31 bits per heavy atom. The lowest BCUT2D eigenvalue weighted by Gasteiger charge is -1.99. The van der Waals surface area contributed by atoms with Gasteiger partial charge in [0.25, 0.3) is 0 Å². The molecule has 0 atom stereocenters. The van der Waals surface area contributed by atoms with E-state index >= 15 is 0 Å². The first kappa shape index (κ1) is 8.30.